The molecule has 0 spiro atoms. The van der Waals surface area contributed by atoms with Gasteiger partial charge in [-0.15, -0.1) is 0 Å². The molecule has 8 heteroatoms. The first kappa shape index (κ1) is 15.1. The number of carbonyl (C=O) groups excluding carboxylic acids is 3. The van der Waals surface area contributed by atoms with E-state index in [-0.39, 0.29) is 5.56 Å². The zero-order chi connectivity index (χ0) is 16.6. The highest BCUT2D eigenvalue weighted by Crippen LogP contribution is 2.30. The number of imide groups is 1. The molecule has 0 aromatic heterocycles. The van der Waals surface area contributed by atoms with Crippen molar-refractivity contribution in [2.24, 2.45) is 0 Å². The molecule has 1 aromatic rings. The lowest BCUT2D eigenvalue weighted by Crippen LogP contribution is -2.48. The highest BCUT2D eigenvalue weighted by Gasteiger charge is 2.47. The zero-order valence-electron chi connectivity index (χ0n) is 12.8. The summed E-state index contributed by atoms with van der Waals surface area (Å²) in [6.45, 7) is 4.25. The molecule has 8 nitrogen and oxygen atoms in total. The molecule has 2 heterocycles. The summed E-state index contributed by atoms with van der Waals surface area (Å²) in [4.78, 5) is 36.4. The van der Waals surface area contributed by atoms with E-state index in [2.05, 4.69) is 10.7 Å². The maximum absolute atomic E-state index is 12.3. The number of carbonyl (C=O) groups is 3. The van der Waals surface area contributed by atoms with Crippen molar-refractivity contribution >= 4 is 17.8 Å². The molecule has 0 aliphatic carbocycles. The minimum absolute atomic E-state index is 0.264. The van der Waals surface area contributed by atoms with Crippen LogP contribution in [0.2, 0.25) is 0 Å². The minimum atomic E-state index is -1.00. The molecule has 1 atom stereocenters. The maximum Gasteiger partial charge on any atom is 0.344 e. The van der Waals surface area contributed by atoms with Gasteiger partial charge in [-0.25, -0.2) is 4.79 Å². The lowest BCUT2D eigenvalue weighted by atomic mass is 10.00. The molecule has 23 heavy (non-hydrogen) atoms. The first-order valence-corrected chi connectivity index (χ1v) is 7.32. The number of hydrogen-bond acceptors (Lipinski definition) is 5. The third-order valence-corrected chi connectivity index (χ3v) is 3.99. The van der Waals surface area contributed by atoms with E-state index in [0.717, 1.165) is 0 Å². The summed E-state index contributed by atoms with van der Waals surface area (Å²) in [5.41, 5.74) is 1.59. The number of nitrogens with zero attached hydrogens (tertiary/aromatic N) is 1. The van der Waals surface area contributed by atoms with E-state index in [1.54, 1.807) is 26.0 Å². The van der Waals surface area contributed by atoms with Crippen molar-refractivity contribution in [1.29, 1.82) is 0 Å². The fraction of sp³-hybridized carbons (Fsp3) is 0.400. The van der Waals surface area contributed by atoms with Crippen LogP contribution in [0, 0.1) is 0 Å². The van der Waals surface area contributed by atoms with Gasteiger partial charge in [0.1, 0.15) is 18.8 Å². The molecule has 1 fully saturated rings. The van der Waals surface area contributed by atoms with E-state index in [0.29, 0.717) is 36.1 Å². The van der Waals surface area contributed by atoms with Gasteiger partial charge in [0.2, 0.25) is 0 Å². The molecular formula is C15H17N3O5. The summed E-state index contributed by atoms with van der Waals surface area (Å²) in [5.74, 6) is -0.0532. The zero-order valence-corrected chi connectivity index (χ0v) is 12.8. The SMILES string of the molecule is CC[C@@]1(C)NC(=O)N(NC(=O)c2ccc3c(c2)OCCO3)C1=O. The fourth-order valence-electron chi connectivity index (χ4n) is 2.38. The van der Waals surface area contributed by atoms with Crippen LogP contribution in [0.25, 0.3) is 0 Å². The predicted octanol–water partition coefficient (Wildman–Crippen LogP) is 0.823. The second-order valence-corrected chi connectivity index (χ2v) is 5.56. The van der Waals surface area contributed by atoms with E-state index in [1.165, 1.54) is 6.07 Å². The monoisotopic (exact) mass is 319 g/mol. The molecule has 0 bridgehead atoms. The highest BCUT2D eigenvalue weighted by atomic mass is 16.6. The molecule has 0 unspecified atom stereocenters. The van der Waals surface area contributed by atoms with Crippen LogP contribution in [0.1, 0.15) is 30.6 Å². The number of fused-ring (bicyclic) bond motifs is 1. The Hall–Kier alpha value is -2.77. The number of ether oxygens (including phenoxy) is 2. The van der Waals surface area contributed by atoms with E-state index < -0.39 is 23.4 Å². The fourth-order valence-corrected chi connectivity index (χ4v) is 2.38. The lowest BCUT2D eigenvalue weighted by molar-refractivity contribution is -0.132. The lowest BCUT2D eigenvalue weighted by Gasteiger charge is -2.20. The Morgan fingerprint density at radius 1 is 1.30 bits per heavy atom. The summed E-state index contributed by atoms with van der Waals surface area (Å²) < 4.78 is 10.8. The average Bonchev–Trinajstić information content (AvgIpc) is 2.78. The van der Waals surface area contributed by atoms with Gasteiger partial charge in [0.15, 0.2) is 11.5 Å². The van der Waals surface area contributed by atoms with Gasteiger partial charge in [0.05, 0.1) is 0 Å². The molecule has 1 aromatic carbocycles. The number of urea groups is 1. The predicted molar refractivity (Wildman–Crippen MR) is 79.0 cm³/mol. The van der Waals surface area contributed by atoms with Gasteiger partial charge >= 0.3 is 6.03 Å². The standard InChI is InChI=1S/C15H17N3O5/c1-3-15(2)13(20)18(14(21)16-15)17-12(19)9-4-5-10-11(8-9)23-7-6-22-10/h4-5,8H,3,6-7H2,1-2H3,(H,16,21)(H,17,19)/t15-/m1/s1. The molecule has 2 N–H and O–H groups in total. The van der Waals surface area contributed by atoms with Crippen LogP contribution < -0.4 is 20.2 Å². The van der Waals surface area contributed by atoms with E-state index in [4.69, 9.17) is 9.47 Å². The molecule has 122 valence electrons. The summed E-state index contributed by atoms with van der Waals surface area (Å²) >= 11 is 0. The van der Waals surface area contributed by atoms with Crippen LogP contribution in [-0.4, -0.2) is 41.6 Å². The van der Waals surface area contributed by atoms with Gasteiger partial charge in [-0.1, -0.05) is 6.92 Å². The Morgan fingerprint density at radius 3 is 2.65 bits per heavy atom. The first-order chi connectivity index (χ1) is 10.9. The largest absolute Gasteiger partial charge is 0.486 e. The Balaban J connectivity index is 1.77. The van der Waals surface area contributed by atoms with E-state index in [9.17, 15) is 14.4 Å². The highest BCUT2D eigenvalue weighted by molar-refractivity contribution is 6.09. The summed E-state index contributed by atoms with van der Waals surface area (Å²) in [7, 11) is 0. The van der Waals surface area contributed by atoms with Crippen molar-refractivity contribution in [2.45, 2.75) is 25.8 Å². The van der Waals surface area contributed by atoms with Gasteiger partial charge in [0, 0.05) is 5.56 Å². The molecule has 2 aliphatic heterocycles. The molecule has 2 aliphatic rings. The van der Waals surface area contributed by atoms with Crippen LogP contribution in [-0.2, 0) is 4.79 Å². The molecule has 1 saturated heterocycles. The smallest absolute Gasteiger partial charge is 0.344 e. The number of hydrogen-bond donors (Lipinski definition) is 2. The first-order valence-electron chi connectivity index (χ1n) is 7.32. The number of amides is 4. The Bertz CT molecular complexity index is 690. The van der Waals surface area contributed by atoms with Crippen LogP contribution in [0.5, 0.6) is 11.5 Å². The van der Waals surface area contributed by atoms with Crippen LogP contribution in [0.4, 0.5) is 4.79 Å². The Kier molecular flexibility index (Phi) is 3.59. The van der Waals surface area contributed by atoms with Gasteiger partial charge < -0.3 is 14.8 Å². The number of nitrogens with one attached hydrogen (secondary N) is 2. The van der Waals surface area contributed by atoms with Crippen molar-refractivity contribution in [2.75, 3.05) is 13.2 Å². The van der Waals surface area contributed by atoms with Crippen molar-refractivity contribution in [3.8, 4) is 11.5 Å². The molecule has 4 amide bonds. The van der Waals surface area contributed by atoms with Gasteiger partial charge in [-0.05, 0) is 31.5 Å². The average molecular weight is 319 g/mol. The van der Waals surface area contributed by atoms with E-state index >= 15 is 0 Å². The summed E-state index contributed by atoms with van der Waals surface area (Å²) in [6.07, 6.45) is 0.425. The molecule has 0 saturated carbocycles. The number of benzene rings is 1. The second-order valence-electron chi connectivity index (χ2n) is 5.56. The third kappa shape index (κ3) is 2.56. The summed E-state index contributed by atoms with van der Waals surface area (Å²) in [6, 6.07) is 4.03. The summed E-state index contributed by atoms with van der Waals surface area (Å²) in [5, 5.41) is 3.28. The molecule has 3 rings (SSSR count). The van der Waals surface area contributed by atoms with Crippen molar-refractivity contribution < 1.29 is 23.9 Å². The number of rotatable bonds is 3. The molecular weight excluding hydrogens is 302 g/mol. The van der Waals surface area contributed by atoms with Gasteiger partial charge in [-0.2, -0.15) is 5.01 Å². The van der Waals surface area contributed by atoms with Crippen molar-refractivity contribution in [3.05, 3.63) is 23.8 Å². The Morgan fingerprint density at radius 2 is 2.00 bits per heavy atom. The van der Waals surface area contributed by atoms with Gasteiger partial charge in [0.25, 0.3) is 11.8 Å². The Labute approximate surface area is 132 Å². The van der Waals surface area contributed by atoms with Crippen molar-refractivity contribution in [3.63, 3.8) is 0 Å². The molecule has 0 radical (unpaired) electrons. The maximum atomic E-state index is 12.3. The third-order valence-electron chi connectivity index (χ3n) is 3.99. The second kappa shape index (κ2) is 5.45. The normalized spacial score (nSPS) is 22.8. The van der Waals surface area contributed by atoms with Crippen molar-refractivity contribution in [1.82, 2.24) is 15.8 Å². The van der Waals surface area contributed by atoms with Crippen LogP contribution in [0.15, 0.2) is 18.2 Å². The van der Waals surface area contributed by atoms with Crippen LogP contribution >= 0.6 is 0 Å². The minimum Gasteiger partial charge on any atom is -0.486 e. The quantitative estimate of drug-likeness (QED) is 0.804. The number of hydrazine groups is 1. The van der Waals surface area contributed by atoms with Crippen LogP contribution in [0.3, 0.4) is 0 Å². The van der Waals surface area contributed by atoms with E-state index in [1.807, 2.05) is 0 Å². The topological polar surface area (TPSA) is 97.0 Å². The van der Waals surface area contributed by atoms with Gasteiger partial charge in [-0.3, -0.25) is 15.0 Å².